The number of anilines is 2. The number of halogens is 2. The molecule has 0 fully saturated rings. The largest absolute Gasteiger partial charge is 0.482 e. The molecule has 2 aromatic rings. The number of amides is 2. The third-order valence-corrected chi connectivity index (χ3v) is 3.54. The smallest absolute Gasteiger partial charge is 0.271 e. The maximum atomic E-state index is 13.2. The van der Waals surface area contributed by atoms with Crippen LogP contribution in [0.3, 0.4) is 0 Å². The molecule has 26 heavy (non-hydrogen) atoms. The summed E-state index contributed by atoms with van der Waals surface area (Å²) in [6.07, 6.45) is 0. The minimum atomic E-state index is -0.872. The molecule has 0 saturated heterocycles. The summed E-state index contributed by atoms with van der Waals surface area (Å²) in [5.74, 6) is -2.85. The monoisotopic (exact) mass is 363 g/mol. The Morgan fingerprint density at radius 3 is 2.58 bits per heavy atom. The predicted octanol–water partition coefficient (Wildman–Crippen LogP) is 2.24. The number of nitro benzene ring substituents is 1. The van der Waals surface area contributed by atoms with Gasteiger partial charge in [0.25, 0.3) is 11.6 Å². The van der Waals surface area contributed by atoms with Crippen LogP contribution in [0, 0.1) is 21.7 Å². The molecule has 1 aliphatic heterocycles. The van der Waals surface area contributed by atoms with E-state index in [0.29, 0.717) is 6.07 Å². The highest BCUT2D eigenvalue weighted by Crippen LogP contribution is 2.35. The van der Waals surface area contributed by atoms with Gasteiger partial charge in [-0.2, -0.15) is 0 Å². The van der Waals surface area contributed by atoms with E-state index >= 15 is 0 Å². The fourth-order valence-electron chi connectivity index (χ4n) is 2.45. The van der Waals surface area contributed by atoms with Gasteiger partial charge in [0.2, 0.25) is 5.91 Å². The molecule has 0 aromatic heterocycles. The van der Waals surface area contributed by atoms with Crippen LogP contribution in [0.4, 0.5) is 25.8 Å². The molecule has 8 nitrogen and oxygen atoms in total. The first-order valence-corrected chi connectivity index (χ1v) is 7.31. The zero-order valence-corrected chi connectivity index (χ0v) is 13.1. The van der Waals surface area contributed by atoms with Crippen LogP contribution in [0.5, 0.6) is 5.75 Å². The molecule has 0 saturated carbocycles. The lowest BCUT2D eigenvalue weighted by Gasteiger charge is -2.28. The van der Waals surface area contributed by atoms with Gasteiger partial charge in [0, 0.05) is 23.9 Å². The van der Waals surface area contributed by atoms with Gasteiger partial charge in [0.05, 0.1) is 10.6 Å². The van der Waals surface area contributed by atoms with Crippen molar-refractivity contribution >= 4 is 28.9 Å². The molecule has 0 unspecified atom stereocenters. The van der Waals surface area contributed by atoms with Gasteiger partial charge in [-0.25, -0.2) is 8.78 Å². The van der Waals surface area contributed by atoms with Crippen LogP contribution >= 0.6 is 0 Å². The van der Waals surface area contributed by atoms with Crippen LogP contribution in [0.15, 0.2) is 36.4 Å². The highest BCUT2D eigenvalue weighted by Gasteiger charge is 2.29. The Morgan fingerprint density at radius 1 is 1.23 bits per heavy atom. The standard InChI is InChI=1S/C16H11F2N3O5/c17-9-3-10(18)5-11(4-9)19-15(22)7-20-13-6-12(21(24)25)1-2-14(13)26-8-16(20)23/h1-6H,7-8H2,(H,19,22). The molecule has 3 rings (SSSR count). The van der Waals surface area contributed by atoms with E-state index in [2.05, 4.69) is 5.32 Å². The minimum absolute atomic E-state index is 0.0658. The Balaban J connectivity index is 1.83. The predicted molar refractivity (Wildman–Crippen MR) is 85.9 cm³/mol. The quantitative estimate of drug-likeness (QED) is 0.663. The molecule has 2 aromatic carbocycles. The normalized spacial score (nSPS) is 13.0. The van der Waals surface area contributed by atoms with Crippen LogP contribution in [0.25, 0.3) is 0 Å². The molecule has 0 spiro atoms. The lowest BCUT2D eigenvalue weighted by molar-refractivity contribution is -0.384. The summed E-state index contributed by atoms with van der Waals surface area (Å²) in [5.41, 5.74) is -0.330. The van der Waals surface area contributed by atoms with Crippen LogP contribution in [0.1, 0.15) is 0 Å². The van der Waals surface area contributed by atoms with E-state index in [0.717, 1.165) is 23.1 Å². The van der Waals surface area contributed by atoms with E-state index in [9.17, 15) is 28.5 Å². The summed E-state index contributed by atoms with van der Waals surface area (Å²) in [6, 6.07) is 6.13. The number of carbonyl (C=O) groups is 2. The molecular weight excluding hydrogens is 352 g/mol. The second-order valence-electron chi connectivity index (χ2n) is 5.38. The highest BCUT2D eigenvalue weighted by atomic mass is 19.1. The first kappa shape index (κ1) is 17.3. The van der Waals surface area contributed by atoms with Crippen molar-refractivity contribution in [1.29, 1.82) is 0 Å². The van der Waals surface area contributed by atoms with Crippen molar-refractivity contribution in [1.82, 2.24) is 0 Å². The number of carbonyl (C=O) groups excluding carboxylic acids is 2. The van der Waals surface area contributed by atoms with Gasteiger partial charge >= 0.3 is 0 Å². The molecule has 10 heteroatoms. The molecule has 1 heterocycles. The van der Waals surface area contributed by atoms with E-state index in [1.807, 2.05) is 0 Å². The van der Waals surface area contributed by atoms with Crippen LogP contribution < -0.4 is 15.0 Å². The van der Waals surface area contributed by atoms with Crippen molar-refractivity contribution in [2.45, 2.75) is 0 Å². The van der Waals surface area contributed by atoms with Gasteiger partial charge < -0.3 is 10.1 Å². The van der Waals surface area contributed by atoms with E-state index in [1.165, 1.54) is 12.1 Å². The Labute approximate surface area is 145 Å². The van der Waals surface area contributed by atoms with Gasteiger partial charge in [-0.3, -0.25) is 24.6 Å². The van der Waals surface area contributed by atoms with Gasteiger partial charge in [0.15, 0.2) is 6.61 Å². The van der Waals surface area contributed by atoms with Crippen LogP contribution in [-0.2, 0) is 9.59 Å². The number of hydrogen-bond acceptors (Lipinski definition) is 5. The molecule has 0 aliphatic carbocycles. The second-order valence-corrected chi connectivity index (χ2v) is 5.38. The molecule has 2 amide bonds. The number of ether oxygens (including phenoxy) is 1. The molecule has 0 radical (unpaired) electrons. The zero-order chi connectivity index (χ0) is 18.8. The highest BCUT2D eigenvalue weighted by molar-refractivity contribution is 6.05. The van der Waals surface area contributed by atoms with E-state index in [4.69, 9.17) is 4.74 Å². The summed E-state index contributed by atoms with van der Waals surface area (Å²) >= 11 is 0. The Morgan fingerprint density at radius 2 is 1.92 bits per heavy atom. The number of non-ortho nitro benzene ring substituents is 1. The summed E-state index contributed by atoms with van der Waals surface area (Å²) in [5, 5.41) is 13.2. The molecule has 134 valence electrons. The summed E-state index contributed by atoms with van der Waals surface area (Å²) in [4.78, 5) is 35.5. The van der Waals surface area contributed by atoms with Crippen molar-refractivity contribution in [3.63, 3.8) is 0 Å². The average molecular weight is 363 g/mol. The van der Waals surface area contributed by atoms with E-state index in [1.54, 1.807) is 0 Å². The number of rotatable bonds is 4. The number of nitrogens with one attached hydrogen (secondary N) is 1. The maximum Gasteiger partial charge on any atom is 0.271 e. The molecular formula is C16H11F2N3O5. The Kier molecular flexibility index (Phi) is 4.48. The van der Waals surface area contributed by atoms with Crippen LogP contribution in [-0.4, -0.2) is 29.9 Å². The first-order valence-electron chi connectivity index (χ1n) is 7.31. The summed E-state index contributed by atoms with van der Waals surface area (Å²) in [7, 11) is 0. The maximum absolute atomic E-state index is 13.2. The first-order chi connectivity index (χ1) is 12.3. The fourth-order valence-corrected chi connectivity index (χ4v) is 2.45. The second kappa shape index (κ2) is 6.75. The van der Waals surface area contributed by atoms with Crippen molar-refractivity contribution in [2.24, 2.45) is 0 Å². The molecule has 0 bridgehead atoms. The van der Waals surface area contributed by atoms with Gasteiger partial charge in [-0.1, -0.05) is 0 Å². The van der Waals surface area contributed by atoms with Gasteiger partial charge in [0.1, 0.15) is 23.9 Å². The minimum Gasteiger partial charge on any atom is -0.482 e. The van der Waals surface area contributed by atoms with E-state index < -0.39 is 34.9 Å². The average Bonchev–Trinajstić information content (AvgIpc) is 2.56. The van der Waals surface area contributed by atoms with E-state index in [-0.39, 0.29) is 29.4 Å². The van der Waals surface area contributed by atoms with Crippen molar-refractivity contribution in [3.05, 3.63) is 58.1 Å². The number of benzene rings is 2. The topological polar surface area (TPSA) is 102 Å². The SMILES string of the molecule is O=C(CN1C(=O)COc2ccc([N+](=O)[O-])cc21)Nc1cc(F)cc(F)c1. The van der Waals surface area contributed by atoms with Gasteiger partial charge in [-0.15, -0.1) is 0 Å². The third kappa shape index (κ3) is 3.58. The van der Waals surface area contributed by atoms with Crippen molar-refractivity contribution in [2.75, 3.05) is 23.4 Å². The number of hydrogen-bond donors (Lipinski definition) is 1. The molecule has 1 N–H and O–H groups in total. The fraction of sp³-hybridized carbons (Fsp3) is 0.125. The van der Waals surface area contributed by atoms with Crippen molar-refractivity contribution in [3.8, 4) is 5.75 Å². The Bertz CT molecular complexity index is 899. The lowest BCUT2D eigenvalue weighted by Crippen LogP contribution is -2.43. The summed E-state index contributed by atoms with van der Waals surface area (Å²) in [6.45, 7) is -0.846. The molecule has 1 aliphatic rings. The zero-order valence-electron chi connectivity index (χ0n) is 13.1. The number of nitrogens with zero attached hydrogens (tertiary/aromatic N) is 2. The molecule has 0 atom stereocenters. The number of fused-ring (bicyclic) bond motifs is 1. The number of nitro groups is 1. The summed E-state index contributed by atoms with van der Waals surface area (Å²) < 4.78 is 31.5. The van der Waals surface area contributed by atoms with Crippen LogP contribution in [0.2, 0.25) is 0 Å². The van der Waals surface area contributed by atoms with Crippen molar-refractivity contribution < 1.29 is 28.0 Å². The Hall–Kier alpha value is -3.56. The lowest BCUT2D eigenvalue weighted by atomic mass is 10.2. The van der Waals surface area contributed by atoms with Gasteiger partial charge in [-0.05, 0) is 18.2 Å². The third-order valence-electron chi connectivity index (χ3n) is 3.54.